The Bertz CT molecular complexity index is 929. The van der Waals surface area contributed by atoms with E-state index in [-0.39, 0.29) is 11.8 Å². The molecule has 1 amide bonds. The van der Waals surface area contributed by atoms with Crippen molar-refractivity contribution in [3.05, 3.63) is 71.5 Å². The summed E-state index contributed by atoms with van der Waals surface area (Å²) in [5.41, 5.74) is 2.90. The maximum atomic E-state index is 12.7. The van der Waals surface area contributed by atoms with Crippen molar-refractivity contribution in [3.8, 4) is 11.1 Å². The molecule has 1 aliphatic rings. The number of carbonyl (C=O) groups excluding carboxylic acids is 1. The summed E-state index contributed by atoms with van der Waals surface area (Å²) in [5.74, 6) is 0.656. The van der Waals surface area contributed by atoms with E-state index >= 15 is 0 Å². The van der Waals surface area contributed by atoms with E-state index in [0.29, 0.717) is 12.5 Å². The molecule has 2 aromatic carbocycles. The largest absolute Gasteiger partial charge is 0.340 e. The number of aromatic nitrogens is 2. The number of benzene rings is 2. The minimum Gasteiger partial charge on any atom is -0.340 e. The van der Waals surface area contributed by atoms with Gasteiger partial charge in [-0.1, -0.05) is 46.3 Å². The van der Waals surface area contributed by atoms with E-state index in [9.17, 15) is 4.79 Å². The predicted octanol–water partition coefficient (Wildman–Crippen LogP) is 4.76. The van der Waals surface area contributed by atoms with Gasteiger partial charge in [0.25, 0.3) is 0 Å². The monoisotopic (exact) mass is 436 g/mol. The molecule has 1 atom stereocenters. The van der Waals surface area contributed by atoms with E-state index in [4.69, 9.17) is 0 Å². The lowest BCUT2D eigenvalue weighted by molar-refractivity contribution is -0.120. The van der Waals surface area contributed by atoms with E-state index in [1.165, 1.54) is 0 Å². The van der Waals surface area contributed by atoms with E-state index in [1.54, 1.807) is 0 Å². The van der Waals surface area contributed by atoms with Crippen LogP contribution in [-0.2, 0) is 4.79 Å². The normalized spacial score (nSPS) is 16.6. The molecule has 1 fully saturated rings. The van der Waals surface area contributed by atoms with Crippen molar-refractivity contribution in [2.24, 2.45) is 5.92 Å². The summed E-state index contributed by atoms with van der Waals surface area (Å²) >= 11 is 3.41. The quantitative estimate of drug-likeness (QED) is 0.640. The number of anilines is 2. The van der Waals surface area contributed by atoms with Crippen LogP contribution < -0.4 is 10.2 Å². The summed E-state index contributed by atoms with van der Waals surface area (Å²) < 4.78 is 0.991. The number of carbonyl (C=O) groups is 1. The highest BCUT2D eigenvalue weighted by Gasteiger charge is 2.27. The fraction of sp³-hybridized carbons (Fsp3) is 0.227. The smallest absolute Gasteiger partial charge is 0.229 e. The molecule has 1 N–H and O–H groups in total. The van der Waals surface area contributed by atoms with Crippen LogP contribution in [0.2, 0.25) is 0 Å². The Kier molecular flexibility index (Phi) is 5.67. The third-order valence-corrected chi connectivity index (χ3v) is 5.46. The summed E-state index contributed by atoms with van der Waals surface area (Å²) in [6.45, 7) is 1.50. The second-order valence-corrected chi connectivity index (χ2v) is 7.83. The van der Waals surface area contributed by atoms with Crippen LogP contribution in [0.1, 0.15) is 12.8 Å². The van der Waals surface area contributed by atoms with Crippen LogP contribution >= 0.6 is 15.9 Å². The molecule has 4 rings (SSSR count). The van der Waals surface area contributed by atoms with Gasteiger partial charge in [0.05, 0.1) is 5.92 Å². The van der Waals surface area contributed by atoms with Gasteiger partial charge in [-0.05, 0) is 42.7 Å². The van der Waals surface area contributed by atoms with Crippen molar-refractivity contribution in [3.63, 3.8) is 0 Å². The van der Waals surface area contributed by atoms with Crippen molar-refractivity contribution < 1.29 is 4.79 Å². The van der Waals surface area contributed by atoms with Gasteiger partial charge in [-0.2, -0.15) is 0 Å². The molecule has 1 saturated heterocycles. The highest BCUT2D eigenvalue weighted by Crippen LogP contribution is 2.24. The van der Waals surface area contributed by atoms with Gasteiger partial charge >= 0.3 is 0 Å². The molecular weight excluding hydrogens is 416 g/mol. The standard InChI is InChI=1S/C22H21BrN4O/c23-19-8-10-20(11-9-19)26-21(28)17-7-4-12-27(15-17)22-24-13-18(14-25-22)16-5-2-1-3-6-16/h1-3,5-6,8-11,13-14,17H,4,7,12,15H2,(H,26,28). The van der Waals surface area contributed by atoms with Gasteiger partial charge in [0.15, 0.2) is 0 Å². The fourth-order valence-electron chi connectivity index (χ4n) is 3.41. The number of amides is 1. The molecule has 0 aliphatic carbocycles. The molecule has 0 radical (unpaired) electrons. The number of nitrogens with zero attached hydrogens (tertiary/aromatic N) is 3. The first-order valence-electron chi connectivity index (χ1n) is 9.38. The third-order valence-electron chi connectivity index (χ3n) is 4.93. The summed E-state index contributed by atoms with van der Waals surface area (Å²) in [7, 11) is 0. The Labute approximate surface area is 173 Å². The van der Waals surface area contributed by atoms with Crippen molar-refractivity contribution in [2.45, 2.75) is 12.8 Å². The summed E-state index contributed by atoms with van der Waals surface area (Å²) in [4.78, 5) is 23.9. The summed E-state index contributed by atoms with van der Waals surface area (Å²) in [6, 6.07) is 17.7. The third kappa shape index (κ3) is 4.39. The Balaban J connectivity index is 1.42. The van der Waals surface area contributed by atoms with Gasteiger partial charge in [-0.25, -0.2) is 9.97 Å². The van der Waals surface area contributed by atoms with Crippen molar-refractivity contribution in [1.82, 2.24) is 9.97 Å². The zero-order chi connectivity index (χ0) is 19.3. The molecule has 6 heteroatoms. The molecule has 5 nitrogen and oxygen atoms in total. The molecule has 28 heavy (non-hydrogen) atoms. The minimum absolute atomic E-state index is 0.0490. The first-order chi connectivity index (χ1) is 13.7. The van der Waals surface area contributed by atoms with Crippen molar-refractivity contribution in [2.75, 3.05) is 23.3 Å². The second-order valence-electron chi connectivity index (χ2n) is 6.92. The molecule has 0 spiro atoms. The Morgan fingerprint density at radius 1 is 1.00 bits per heavy atom. The summed E-state index contributed by atoms with van der Waals surface area (Å²) in [5, 5.41) is 3.01. The van der Waals surface area contributed by atoms with Crippen molar-refractivity contribution in [1.29, 1.82) is 0 Å². The number of rotatable bonds is 4. The Morgan fingerprint density at radius 3 is 2.43 bits per heavy atom. The van der Waals surface area contributed by atoms with Crippen LogP contribution in [0.5, 0.6) is 0 Å². The van der Waals surface area contributed by atoms with Crippen LogP contribution in [0.15, 0.2) is 71.5 Å². The SMILES string of the molecule is O=C(Nc1ccc(Br)cc1)C1CCCN(c2ncc(-c3ccccc3)cn2)C1. The lowest BCUT2D eigenvalue weighted by Gasteiger charge is -2.32. The van der Waals surface area contributed by atoms with Crippen LogP contribution in [0.25, 0.3) is 11.1 Å². The van der Waals surface area contributed by atoms with E-state index in [0.717, 1.165) is 40.7 Å². The van der Waals surface area contributed by atoms with Gasteiger partial charge in [-0.15, -0.1) is 0 Å². The van der Waals surface area contributed by atoms with E-state index in [2.05, 4.69) is 36.1 Å². The lowest BCUT2D eigenvalue weighted by atomic mass is 9.97. The maximum Gasteiger partial charge on any atom is 0.229 e. The van der Waals surface area contributed by atoms with Gasteiger partial charge in [0.2, 0.25) is 11.9 Å². The van der Waals surface area contributed by atoms with Crippen LogP contribution in [0, 0.1) is 5.92 Å². The molecule has 2 heterocycles. The fourth-order valence-corrected chi connectivity index (χ4v) is 3.68. The van der Waals surface area contributed by atoms with E-state index < -0.39 is 0 Å². The maximum absolute atomic E-state index is 12.7. The first kappa shape index (κ1) is 18.6. The predicted molar refractivity (Wildman–Crippen MR) is 115 cm³/mol. The van der Waals surface area contributed by atoms with Gasteiger partial charge in [-0.3, -0.25) is 4.79 Å². The molecular formula is C22H21BrN4O. The average molecular weight is 437 g/mol. The number of hydrogen-bond donors (Lipinski definition) is 1. The molecule has 1 aliphatic heterocycles. The number of halogens is 1. The van der Waals surface area contributed by atoms with Crippen LogP contribution in [0.4, 0.5) is 11.6 Å². The average Bonchev–Trinajstić information content (AvgIpc) is 2.76. The Hall–Kier alpha value is -2.73. The molecule has 0 saturated carbocycles. The number of piperidine rings is 1. The minimum atomic E-state index is -0.0743. The van der Waals surface area contributed by atoms with Gasteiger partial charge in [0.1, 0.15) is 0 Å². The number of nitrogens with one attached hydrogen (secondary N) is 1. The highest BCUT2D eigenvalue weighted by atomic mass is 79.9. The molecule has 1 aromatic heterocycles. The molecule has 3 aromatic rings. The van der Waals surface area contributed by atoms with Gasteiger partial charge < -0.3 is 10.2 Å². The zero-order valence-electron chi connectivity index (χ0n) is 15.4. The molecule has 0 bridgehead atoms. The molecule has 142 valence electrons. The zero-order valence-corrected chi connectivity index (χ0v) is 17.0. The van der Waals surface area contributed by atoms with Crippen LogP contribution in [-0.4, -0.2) is 29.0 Å². The number of hydrogen-bond acceptors (Lipinski definition) is 4. The second kappa shape index (κ2) is 8.52. The summed E-state index contributed by atoms with van der Waals surface area (Å²) in [6.07, 6.45) is 5.52. The Morgan fingerprint density at radius 2 is 1.71 bits per heavy atom. The van der Waals surface area contributed by atoms with E-state index in [1.807, 2.05) is 67.0 Å². The topological polar surface area (TPSA) is 58.1 Å². The first-order valence-corrected chi connectivity index (χ1v) is 10.2. The van der Waals surface area contributed by atoms with Crippen LogP contribution in [0.3, 0.4) is 0 Å². The molecule has 1 unspecified atom stereocenters. The lowest BCUT2D eigenvalue weighted by Crippen LogP contribution is -2.41. The van der Waals surface area contributed by atoms with Crippen molar-refractivity contribution >= 4 is 33.5 Å². The highest BCUT2D eigenvalue weighted by molar-refractivity contribution is 9.10. The van der Waals surface area contributed by atoms with Gasteiger partial charge in [0, 0.05) is 41.2 Å².